The number of furan rings is 2. The van der Waals surface area contributed by atoms with Gasteiger partial charge in [0.1, 0.15) is 11.2 Å². The van der Waals surface area contributed by atoms with Crippen molar-refractivity contribution in [1.29, 1.82) is 0 Å². The van der Waals surface area contributed by atoms with Gasteiger partial charge < -0.3 is 13.7 Å². The molecule has 5 nitrogen and oxygen atoms in total. The van der Waals surface area contributed by atoms with Crippen LogP contribution in [0.1, 0.15) is 0 Å². The van der Waals surface area contributed by atoms with Gasteiger partial charge in [-0.1, -0.05) is 72.8 Å². The minimum absolute atomic E-state index is 0.642. The molecule has 0 unspecified atom stereocenters. The summed E-state index contributed by atoms with van der Waals surface area (Å²) in [5.41, 5.74) is 8.35. The predicted octanol–water partition coefficient (Wildman–Crippen LogP) is 11.7. The highest BCUT2D eigenvalue weighted by molar-refractivity contribution is 6.15. The highest BCUT2D eigenvalue weighted by Gasteiger charge is 2.20. The molecule has 0 radical (unpaired) electrons. The van der Waals surface area contributed by atoms with E-state index in [0.29, 0.717) is 11.4 Å². The van der Waals surface area contributed by atoms with E-state index < -0.39 is 0 Å². The molecule has 10 rings (SSSR count). The van der Waals surface area contributed by atoms with E-state index in [-0.39, 0.29) is 0 Å². The third-order valence-corrected chi connectivity index (χ3v) is 9.19. The van der Waals surface area contributed by atoms with Crippen molar-refractivity contribution in [3.63, 3.8) is 0 Å². The number of aromatic nitrogens is 2. The Labute approximate surface area is 268 Å². The Morgan fingerprint density at radius 1 is 0.447 bits per heavy atom. The fraction of sp³-hybridized carbons (Fsp3) is 0. The summed E-state index contributed by atoms with van der Waals surface area (Å²) in [5, 5.41) is 8.94. The van der Waals surface area contributed by atoms with Crippen LogP contribution >= 0.6 is 0 Å². The second-order valence-electron chi connectivity index (χ2n) is 11.8. The van der Waals surface area contributed by atoms with Gasteiger partial charge in [-0.3, -0.25) is 0 Å². The first-order valence-electron chi connectivity index (χ1n) is 15.6. The number of rotatable bonds is 4. The number of pyridine rings is 2. The quantitative estimate of drug-likeness (QED) is 0.187. The van der Waals surface area contributed by atoms with Gasteiger partial charge in [-0.15, -0.1) is 0 Å². The van der Waals surface area contributed by atoms with E-state index >= 15 is 0 Å². The third-order valence-electron chi connectivity index (χ3n) is 9.19. The zero-order valence-electron chi connectivity index (χ0n) is 25.1. The van der Waals surface area contributed by atoms with Crippen LogP contribution in [-0.2, 0) is 0 Å². The molecule has 0 aliphatic rings. The Balaban J connectivity index is 1.21. The molecule has 5 heteroatoms. The lowest BCUT2D eigenvalue weighted by atomic mass is 9.98. The van der Waals surface area contributed by atoms with Gasteiger partial charge in [0.15, 0.2) is 0 Å². The molecular weight excluding hydrogens is 578 g/mol. The Kier molecular flexibility index (Phi) is 5.51. The van der Waals surface area contributed by atoms with Crippen LogP contribution in [0.5, 0.6) is 0 Å². The zero-order chi connectivity index (χ0) is 30.9. The van der Waals surface area contributed by atoms with Gasteiger partial charge in [0.05, 0.1) is 5.69 Å². The molecule has 10 aromatic rings. The van der Waals surface area contributed by atoms with Crippen molar-refractivity contribution in [2.24, 2.45) is 0 Å². The van der Waals surface area contributed by atoms with Crippen molar-refractivity contribution in [3.05, 3.63) is 152 Å². The molecule has 6 aromatic carbocycles. The molecule has 0 atom stereocenters. The van der Waals surface area contributed by atoms with Gasteiger partial charge in [0, 0.05) is 50.7 Å². The van der Waals surface area contributed by atoms with Gasteiger partial charge in [0.25, 0.3) is 0 Å². The first-order chi connectivity index (χ1) is 23.3. The lowest BCUT2D eigenvalue weighted by Gasteiger charge is -2.28. The summed E-state index contributed by atoms with van der Waals surface area (Å²) in [6.45, 7) is 0. The van der Waals surface area contributed by atoms with E-state index in [1.807, 2.05) is 24.3 Å². The van der Waals surface area contributed by atoms with Crippen LogP contribution in [-0.4, -0.2) is 9.97 Å². The van der Waals surface area contributed by atoms with Crippen LogP contribution in [0.15, 0.2) is 161 Å². The normalized spacial score (nSPS) is 11.8. The largest absolute Gasteiger partial charge is 0.438 e. The molecule has 220 valence electrons. The second kappa shape index (κ2) is 10.0. The van der Waals surface area contributed by atoms with Gasteiger partial charge in [-0.2, -0.15) is 0 Å². The first-order valence-corrected chi connectivity index (χ1v) is 15.6. The number of fused-ring (bicyclic) bond motifs is 9. The minimum Gasteiger partial charge on any atom is -0.438 e. The summed E-state index contributed by atoms with van der Waals surface area (Å²) in [6, 6.07) is 49.0. The van der Waals surface area contributed by atoms with Crippen molar-refractivity contribution < 1.29 is 8.83 Å². The van der Waals surface area contributed by atoms with E-state index in [4.69, 9.17) is 8.83 Å². The molecule has 0 saturated heterocycles. The third kappa shape index (κ3) is 3.97. The molecule has 0 N–H and O–H groups in total. The highest BCUT2D eigenvalue weighted by Crippen LogP contribution is 2.44. The monoisotopic (exact) mass is 603 g/mol. The van der Waals surface area contributed by atoms with E-state index in [1.54, 1.807) is 12.4 Å². The van der Waals surface area contributed by atoms with Crippen LogP contribution in [0.25, 0.3) is 76.8 Å². The van der Waals surface area contributed by atoms with Gasteiger partial charge in [0.2, 0.25) is 11.4 Å². The fourth-order valence-corrected chi connectivity index (χ4v) is 7.08. The Morgan fingerprint density at radius 2 is 1.13 bits per heavy atom. The molecule has 4 aromatic heterocycles. The van der Waals surface area contributed by atoms with Crippen molar-refractivity contribution in [2.75, 3.05) is 4.90 Å². The van der Waals surface area contributed by atoms with Gasteiger partial charge in [-0.05, 0) is 94.0 Å². The number of anilines is 3. The van der Waals surface area contributed by atoms with Crippen molar-refractivity contribution in [1.82, 2.24) is 9.97 Å². The molecule has 0 amide bonds. The zero-order valence-corrected chi connectivity index (χ0v) is 25.1. The first kappa shape index (κ1) is 25.8. The maximum absolute atomic E-state index is 6.11. The minimum atomic E-state index is 0.642. The standard InChI is InChI=1S/C42H25N3O2/c1-2-9-30-27(8-1)24-37(33-11-4-3-10-32(30)33)45(29-20-21-38-36(25-29)34-13-6-22-43-41(34)46-38)28-18-16-26(17-19-28)31-12-5-15-39-40(31)35-14-7-23-44-42(35)47-39/h1-25H. The van der Waals surface area contributed by atoms with Crippen molar-refractivity contribution in [3.8, 4) is 11.1 Å². The van der Waals surface area contributed by atoms with E-state index in [0.717, 1.165) is 60.9 Å². The number of hydrogen-bond donors (Lipinski definition) is 0. The summed E-state index contributed by atoms with van der Waals surface area (Å²) >= 11 is 0. The molecule has 0 aliphatic heterocycles. The summed E-state index contributed by atoms with van der Waals surface area (Å²) in [6.07, 6.45) is 3.54. The van der Waals surface area contributed by atoms with E-state index in [1.165, 1.54) is 21.5 Å². The average molecular weight is 604 g/mol. The summed E-state index contributed by atoms with van der Waals surface area (Å²) in [4.78, 5) is 11.3. The summed E-state index contributed by atoms with van der Waals surface area (Å²) in [5.74, 6) is 0. The fourth-order valence-electron chi connectivity index (χ4n) is 7.08. The van der Waals surface area contributed by atoms with Crippen LogP contribution in [0, 0.1) is 0 Å². The molecule has 0 saturated carbocycles. The molecular formula is C42H25N3O2. The lowest BCUT2D eigenvalue weighted by molar-refractivity contribution is 0.653. The Bertz CT molecular complexity index is 2810. The Hall–Kier alpha value is -6.46. The van der Waals surface area contributed by atoms with Crippen LogP contribution in [0.3, 0.4) is 0 Å². The van der Waals surface area contributed by atoms with Crippen LogP contribution < -0.4 is 4.90 Å². The maximum Gasteiger partial charge on any atom is 0.227 e. The van der Waals surface area contributed by atoms with Crippen molar-refractivity contribution >= 4 is 82.7 Å². The highest BCUT2D eigenvalue weighted by atomic mass is 16.3. The summed E-state index contributed by atoms with van der Waals surface area (Å²) in [7, 11) is 0. The molecule has 47 heavy (non-hydrogen) atoms. The smallest absolute Gasteiger partial charge is 0.227 e. The molecule has 0 fully saturated rings. The lowest BCUT2D eigenvalue weighted by Crippen LogP contribution is -2.10. The average Bonchev–Trinajstić information content (AvgIpc) is 3.70. The van der Waals surface area contributed by atoms with E-state index in [9.17, 15) is 0 Å². The number of nitrogens with zero attached hydrogens (tertiary/aromatic N) is 3. The SMILES string of the molecule is c1ccc2c(c1)cc(N(c1ccc(-c3cccc4oc5ncccc5c34)cc1)c1ccc3oc4ncccc4c3c1)c1ccccc12. The van der Waals surface area contributed by atoms with Gasteiger partial charge in [-0.25, -0.2) is 9.97 Å². The Morgan fingerprint density at radius 3 is 1.98 bits per heavy atom. The number of benzene rings is 6. The second-order valence-corrected chi connectivity index (χ2v) is 11.8. The van der Waals surface area contributed by atoms with Crippen molar-refractivity contribution in [2.45, 2.75) is 0 Å². The van der Waals surface area contributed by atoms with Crippen LogP contribution in [0.4, 0.5) is 17.1 Å². The maximum atomic E-state index is 6.11. The summed E-state index contributed by atoms with van der Waals surface area (Å²) < 4.78 is 12.2. The number of hydrogen-bond acceptors (Lipinski definition) is 5. The molecule has 0 spiro atoms. The molecule has 0 bridgehead atoms. The van der Waals surface area contributed by atoms with Crippen LogP contribution in [0.2, 0.25) is 0 Å². The van der Waals surface area contributed by atoms with Gasteiger partial charge >= 0.3 is 0 Å². The molecule has 4 heterocycles. The topological polar surface area (TPSA) is 55.3 Å². The predicted molar refractivity (Wildman–Crippen MR) is 192 cm³/mol. The van der Waals surface area contributed by atoms with E-state index in [2.05, 4.69) is 130 Å². The molecule has 0 aliphatic carbocycles.